The van der Waals surface area contributed by atoms with E-state index in [0.29, 0.717) is 17.7 Å². The zero-order valence-electron chi connectivity index (χ0n) is 9.79. The number of aliphatic hydroxyl groups is 1. The average molecular weight is 237 g/mol. The molecule has 0 spiro atoms. The van der Waals surface area contributed by atoms with E-state index in [4.69, 9.17) is 5.11 Å². The molecule has 0 heterocycles. The largest absolute Gasteiger partial charge is 0.396 e. The van der Waals surface area contributed by atoms with Crippen LogP contribution in [0.25, 0.3) is 0 Å². The third-order valence-electron chi connectivity index (χ3n) is 3.35. The molecule has 2 N–H and O–H groups in total. The second-order valence-corrected chi connectivity index (χ2v) is 4.80. The summed E-state index contributed by atoms with van der Waals surface area (Å²) >= 11 is 0. The molecule has 1 fully saturated rings. The van der Waals surface area contributed by atoms with E-state index in [1.54, 1.807) is 19.1 Å². The van der Waals surface area contributed by atoms with Crippen molar-refractivity contribution in [1.82, 2.24) is 5.32 Å². The fourth-order valence-electron chi connectivity index (χ4n) is 1.67. The van der Waals surface area contributed by atoms with Gasteiger partial charge in [0.25, 0.3) is 5.91 Å². The monoisotopic (exact) mass is 237 g/mol. The summed E-state index contributed by atoms with van der Waals surface area (Å²) in [5.41, 5.74) is 0.719. The highest BCUT2D eigenvalue weighted by molar-refractivity contribution is 5.94. The molecule has 0 saturated heterocycles. The number of aliphatic hydroxyl groups excluding tert-OH is 1. The van der Waals surface area contributed by atoms with E-state index in [1.807, 2.05) is 0 Å². The van der Waals surface area contributed by atoms with Crippen molar-refractivity contribution < 1.29 is 14.3 Å². The quantitative estimate of drug-likeness (QED) is 0.836. The van der Waals surface area contributed by atoms with Gasteiger partial charge in [0, 0.05) is 17.5 Å². The van der Waals surface area contributed by atoms with Gasteiger partial charge in [-0.25, -0.2) is 4.39 Å². The maximum absolute atomic E-state index is 13.3. The predicted molar refractivity (Wildman–Crippen MR) is 62.2 cm³/mol. The standard InChI is InChI=1S/C13H16FNO2/c1-9-2-3-10(6-11(9)14)12(17)15-7-13(8-16)4-5-13/h2-3,6,16H,4-5,7-8H2,1H3,(H,15,17). The number of amides is 1. The number of halogens is 1. The summed E-state index contributed by atoms with van der Waals surface area (Å²) in [6, 6.07) is 4.43. The fraction of sp³-hybridized carbons (Fsp3) is 0.462. The van der Waals surface area contributed by atoms with Gasteiger partial charge in [-0.2, -0.15) is 0 Å². The first-order valence-electron chi connectivity index (χ1n) is 5.72. The molecular formula is C13H16FNO2. The van der Waals surface area contributed by atoms with E-state index in [2.05, 4.69) is 5.32 Å². The van der Waals surface area contributed by atoms with E-state index in [-0.39, 0.29) is 23.7 Å². The van der Waals surface area contributed by atoms with Crippen LogP contribution in [0.2, 0.25) is 0 Å². The molecule has 1 aromatic rings. The second kappa shape index (κ2) is 4.45. The van der Waals surface area contributed by atoms with Gasteiger partial charge in [0.2, 0.25) is 0 Å². The van der Waals surface area contributed by atoms with E-state index in [9.17, 15) is 9.18 Å². The van der Waals surface area contributed by atoms with Crippen LogP contribution in [0.15, 0.2) is 18.2 Å². The van der Waals surface area contributed by atoms with Gasteiger partial charge in [-0.1, -0.05) is 6.07 Å². The van der Waals surface area contributed by atoms with Crippen LogP contribution >= 0.6 is 0 Å². The molecule has 0 atom stereocenters. The van der Waals surface area contributed by atoms with Crippen molar-refractivity contribution >= 4 is 5.91 Å². The van der Waals surface area contributed by atoms with Crippen molar-refractivity contribution in [2.75, 3.05) is 13.2 Å². The lowest BCUT2D eigenvalue weighted by atomic mass is 10.1. The molecular weight excluding hydrogens is 221 g/mol. The minimum absolute atomic E-state index is 0.0928. The van der Waals surface area contributed by atoms with Crippen molar-refractivity contribution in [2.24, 2.45) is 5.41 Å². The van der Waals surface area contributed by atoms with Crippen LogP contribution in [0, 0.1) is 18.2 Å². The number of hydrogen-bond donors (Lipinski definition) is 2. The summed E-state index contributed by atoms with van der Waals surface area (Å²) in [5, 5.41) is 11.8. The fourth-order valence-corrected chi connectivity index (χ4v) is 1.67. The zero-order chi connectivity index (χ0) is 12.5. The Balaban J connectivity index is 1.97. The summed E-state index contributed by atoms with van der Waals surface area (Å²) in [6.07, 6.45) is 1.87. The Bertz CT molecular complexity index is 441. The van der Waals surface area contributed by atoms with Crippen LogP contribution in [0.1, 0.15) is 28.8 Å². The summed E-state index contributed by atoms with van der Waals surface area (Å²) in [7, 11) is 0. The van der Waals surface area contributed by atoms with Gasteiger partial charge in [-0.05, 0) is 37.5 Å². The molecule has 92 valence electrons. The molecule has 0 bridgehead atoms. The third kappa shape index (κ3) is 2.64. The Kier molecular flexibility index (Phi) is 3.15. The Labute approximate surface area is 99.7 Å². The Morgan fingerprint density at radius 2 is 2.24 bits per heavy atom. The van der Waals surface area contributed by atoms with Gasteiger partial charge >= 0.3 is 0 Å². The SMILES string of the molecule is Cc1ccc(C(=O)NCC2(CO)CC2)cc1F. The van der Waals surface area contributed by atoms with Gasteiger partial charge in [0.1, 0.15) is 5.82 Å². The van der Waals surface area contributed by atoms with E-state index < -0.39 is 0 Å². The predicted octanol–water partition coefficient (Wildman–Crippen LogP) is 1.64. The second-order valence-electron chi connectivity index (χ2n) is 4.80. The maximum Gasteiger partial charge on any atom is 0.251 e. The van der Waals surface area contributed by atoms with E-state index in [1.165, 1.54) is 6.07 Å². The number of carbonyl (C=O) groups excluding carboxylic acids is 1. The molecule has 3 nitrogen and oxygen atoms in total. The first-order chi connectivity index (χ1) is 8.06. The lowest BCUT2D eigenvalue weighted by Gasteiger charge is -2.12. The van der Waals surface area contributed by atoms with Crippen molar-refractivity contribution in [3.8, 4) is 0 Å². The summed E-state index contributed by atoms with van der Waals surface area (Å²) in [6.45, 7) is 2.20. The Hall–Kier alpha value is -1.42. The van der Waals surface area contributed by atoms with Crippen LogP contribution < -0.4 is 5.32 Å². The lowest BCUT2D eigenvalue weighted by Crippen LogP contribution is -2.31. The minimum atomic E-state index is -0.374. The van der Waals surface area contributed by atoms with Gasteiger partial charge < -0.3 is 10.4 Å². The van der Waals surface area contributed by atoms with Crippen molar-refractivity contribution in [3.05, 3.63) is 35.1 Å². The third-order valence-corrected chi connectivity index (χ3v) is 3.35. The Morgan fingerprint density at radius 3 is 2.76 bits per heavy atom. The van der Waals surface area contributed by atoms with Crippen molar-refractivity contribution in [3.63, 3.8) is 0 Å². The van der Waals surface area contributed by atoms with Gasteiger partial charge in [0.15, 0.2) is 0 Å². The normalized spacial score (nSPS) is 16.6. The summed E-state index contributed by atoms with van der Waals surface area (Å²) in [4.78, 5) is 11.7. The molecule has 1 amide bonds. The molecule has 17 heavy (non-hydrogen) atoms. The first-order valence-corrected chi connectivity index (χ1v) is 5.72. The topological polar surface area (TPSA) is 49.3 Å². The smallest absolute Gasteiger partial charge is 0.251 e. The summed E-state index contributed by atoms with van der Waals surface area (Å²) < 4.78 is 13.3. The Morgan fingerprint density at radius 1 is 1.53 bits per heavy atom. The van der Waals surface area contributed by atoms with Crippen LogP contribution in [0.3, 0.4) is 0 Å². The number of rotatable bonds is 4. The summed E-state index contributed by atoms with van der Waals surface area (Å²) in [5.74, 6) is -0.662. The lowest BCUT2D eigenvalue weighted by molar-refractivity contribution is 0.0934. The van der Waals surface area contributed by atoms with Crippen LogP contribution in [-0.2, 0) is 0 Å². The van der Waals surface area contributed by atoms with Crippen molar-refractivity contribution in [1.29, 1.82) is 0 Å². The van der Waals surface area contributed by atoms with Crippen molar-refractivity contribution in [2.45, 2.75) is 19.8 Å². The molecule has 1 saturated carbocycles. The van der Waals surface area contributed by atoms with Gasteiger partial charge in [0.05, 0.1) is 6.61 Å². The highest BCUT2D eigenvalue weighted by Gasteiger charge is 2.42. The number of nitrogens with one attached hydrogen (secondary N) is 1. The molecule has 4 heteroatoms. The minimum Gasteiger partial charge on any atom is -0.396 e. The van der Waals surface area contributed by atoms with Crippen LogP contribution in [0.5, 0.6) is 0 Å². The highest BCUT2D eigenvalue weighted by atomic mass is 19.1. The molecule has 0 aromatic heterocycles. The molecule has 1 aliphatic rings. The molecule has 0 unspecified atom stereocenters. The van der Waals surface area contributed by atoms with E-state index >= 15 is 0 Å². The highest BCUT2D eigenvalue weighted by Crippen LogP contribution is 2.44. The first kappa shape index (κ1) is 12.0. The molecule has 2 rings (SSSR count). The molecule has 0 radical (unpaired) electrons. The van der Waals surface area contributed by atoms with E-state index in [0.717, 1.165) is 12.8 Å². The number of hydrogen-bond acceptors (Lipinski definition) is 2. The molecule has 1 aromatic carbocycles. The maximum atomic E-state index is 13.3. The molecule has 1 aliphatic carbocycles. The number of carbonyl (C=O) groups is 1. The molecule has 0 aliphatic heterocycles. The van der Waals surface area contributed by atoms with Gasteiger partial charge in [-0.15, -0.1) is 0 Å². The number of aryl methyl sites for hydroxylation is 1. The zero-order valence-corrected chi connectivity index (χ0v) is 9.79. The van der Waals surface area contributed by atoms with Gasteiger partial charge in [-0.3, -0.25) is 4.79 Å². The van der Waals surface area contributed by atoms with Crippen LogP contribution in [-0.4, -0.2) is 24.2 Å². The number of benzene rings is 1. The van der Waals surface area contributed by atoms with Crippen LogP contribution in [0.4, 0.5) is 4.39 Å². The average Bonchev–Trinajstić information content (AvgIpc) is 3.10.